The summed E-state index contributed by atoms with van der Waals surface area (Å²) in [6, 6.07) is 7.18. The molecule has 0 bridgehead atoms. The van der Waals surface area contributed by atoms with Crippen molar-refractivity contribution in [1.82, 2.24) is 0 Å². The van der Waals surface area contributed by atoms with Crippen LogP contribution in [0.15, 0.2) is 24.3 Å². The molecule has 1 rings (SSSR count). The van der Waals surface area contributed by atoms with Gasteiger partial charge in [0, 0.05) is 21.1 Å². The summed E-state index contributed by atoms with van der Waals surface area (Å²) in [5, 5.41) is 0. The van der Waals surface area contributed by atoms with Gasteiger partial charge in [0.25, 0.3) is 0 Å². The van der Waals surface area contributed by atoms with Gasteiger partial charge in [-0.15, -0.1) is 0 Å². The van der Waals surface area contributed by atoms with Crippen molar-refractivity contribution in [2.45, 2.75) is 19.3 Å². The minimum Gasteiger partial charge on any atom is -0.497 e. The Balaban J connectivity index is 2.96. The molecule has 100 valence electrons. The predicted octanol–water partition coefficient (Wildman–Crippen LogP) is 1.92. The number of methoxy groups -OCH3 is 3. The van der Waals surface area contributed by atoms with Gasteiger partial charge in [-0.05, 0) is 17.7 Å². The van der Waals surface area contributed by atoms with E-state index in [0.29, 0.717) is 0 Å². The first kappa shape index (κ1) is 14.5. The normalized spacial score (nSPS) is 12.3. The molecule has 5 nitrogen and oxygen atoms in total. The fourth-order valence-corrected chi connectivity index (χ4v) is 1.60. The third-order valence-electron chi connectivity index (χ3n) is 2.45. The minimum absolute atomic E-state index is 0.394. The summed E-state index contributed by atoms with van der Waals surface area (Å²) in [5.41, 5.74) is 0.778. The van der Waals surface area contributed by atoms with Crippen molar-refractivity contribution in [1.29, 1.82) is 0 Å². The summed E-state index contributed by atoms with van der Waals surface area (Å²) in [4.78, 5) is 11.1. The minimum atomic E-state index is -0.651. The Bertz CT molecular complexity index is 369. The Morgan fingerprint density at radius 3 is 2.00 bits per heavy atom. The third-order valence-corrected chi connectivity index (χ3v) is 2.45. The van der Waals surface area contributed by atoms with Crippen LogP contribution >= 0.6 is 0 Å². The molecule has 0 heterocycles. The first-order chi connectivity index (χ1) is 8.62. The van der Waals surface area contributed by atoms with E-state index < -0.39 is 18.4 Å². The number of esters is 1. The van der Waals surface area contributed by atoms with Gasteiger partial charge >= 0.3 is 5.97 Å². The zero-order valence-electron chi connectivity index (χ0n) is 11.0. The summed E-state index contributed by atoms with van der Waals surface area (Å²) in [5.74, 6) is 0.335. The molecular formula is C13H18O5. The molecule has 5 heteroatoms. The van der Waals surface area contributed by atoms with Gasteiger partial charge < -0.3 is 18.9 Å². The van der Waals surface area contributed by atoms with Crippen molar-refractivity contribution in [3.05, 3.63) is 29.8 Å². The molecule has 0 N–H and O–H groups in total. The highest BCUT2D eigenvalue weighted by Crippen LogP contribution is 2.25. The first-order valence-corrected chi connectivity index (χ1v) is 5.49. The number of hydrogen-bond donors (Lipinski definition) is 0. The van der Waals surface area contributed by atoms with Gasteiger partial charge in [-0.25, -0.2) is 0 Å². The number of rotatable bonds is 6. The van der Waals surface area contributed by atoms with E-state index in [2.05, 4.69) is 0 Å². The van der Waals surface area contributed by atoms with E-state index in [-0.39, 0.29) is 0 Å². The van der Waals surface area contributed by atoms with Crippen molar-refractivity contribution < 1.29 is 23.7 Å². The number of ether oxygens (including phenoxy) is 4. The molecule has 0 fully saturated rings. The van der Waals surface area contributed by atoms with Crippen molar-refractivity contribution >= 4 is 5.97 Å². The maximum atomic E-state index is 11.1. The Hall–Kier alpha value is -1.59. The van der Waals surface area contributed by atoms with Crippen LogP contribution in [0.5, 0.6) is 5.75 Å². The lowest BCUT2D eigenvalue weighted by Crippen LogP contribution is -2.26. The van der Waals surface area contributed by atoms with Crippen LogP contribution in [0.25, 0.3) is 0 Å². The molecule has 0 aromatic heterocycles. The van der Waals surface area contributed by atoms with Gasteiger partial charge in [-0.3, -0.25) is 4.79 Å². The average molecular weight is 254 g/mol. The van der Waals surface area contributed by atoms with Gasteiger partial charge in [0.05, 0.1) is 7.11 Å². The summed E-state index contributed by atoms with van der Waals surface area (Å²) < 4.78 is 20.6. The monoisotopic (exact) mass is 254 g/mol. The summed E-state index contributed by atoms with van der Waals surface area (Å²) in [6.45, 7) is 1.35. The van der Waals surface area contributed by atoms with E-state index in [0.717, 1.165) is 11.3 Å². The maximum Gasteiger partial charge on any atom is 0.303 e. The molecule has 1 atom stereocenters. The molecule has 0 saturated carbocycles. The highest BCUT2D eigenvalue weighted by Gasteiger charge is 2.25. The molecule has 0 spiro atoms. The van der Waals surface area contributed by atoms with Gasteiger partial charge in [0.2, 0.25) is 0 Å². The fraction of sp³-hybridized carbons (Fsp3) is 0.462. The largest absolute Gasteiger partial charge is 0.497 e. The second-order valence-electron chi connectivity index (χ2n) is 3.64. The lowest BCUT2D eigenvalue weighted by molar-refractivity contribution is -0.192. The van der Waals surface area contributed by atoms with Crippen LogP contribution in [0.4, 0.5) is 0 Å². The molecule has 0 aliphatic carbocycles. The highest BCUT2D eigenvalue weighted by atomic mass is 16.7. The molecule has 0 aliphatic heterocycles. The Morgan fingerprint density at radius 2 is 1.61 bits per heavy atom. The summed E-state index contributed by atoms with van der Waals surface area (Å²) >= 11 is 0. The van der Waals surface area contributed by atoms with Crippen molar-refractivity contribution in [3.63, 3.8) is 0 Å². The number of hydrogen-bond acceptors (Lipinski definition) is 5. The molecule has 18 heavy (non-hydrogen) atoms. The molecule has 1 aromatic rings. The fourth-order valence-electron chi connectivity index (χ4n) is 1.60. The average Bonchev–Trinajstić information content (AvgIpc) is 2.38. The molecule has 0 saturated heterocycles. The van der Waals surface area contributed by atoms with E-state index in [4.69, 9.17) is 18.9 Å². The Kier molecular flexibility index (Phi) is 5.61. The highest BCUT2D eigenvalue weighted by molar-refractivity contribution is 5.66. The third kappa shape index (κ3) is 3.72. The van der Waals surface area contributed by atoms with E-state index in [9.17, 15) is 4.79 Å². The zero-order chi connectivity index (χ0) is 13.5. The second-order valence-corrected chi connectivity index (χ2v) is 3.64. The molecule has 0 radical (unpaired) electrons. The molecule has 0 aliphatic rings. The number of benzene rings is 1. The van der Waals surface area contributed by atoms with Crippen LogP contribution in [0.3, 0.4) is 0 Å². The SMILES string of the molecule is COc1ccc([C@@H](OC(C)=O)C(OC)OC)cc1. The van der Waals surface area contributed by atoms with Crippen molar-refractivity contribution in [3.8, 4) is 5.75 Å². The lowest BCUT2D eigenvalue weighted by Gasteiger charge is -2.24. The van der Waals surface area contributed by atoms with Gasteiger partial charge in [-0.1, -0.05) is 12.1 Å². The van der Waals surface area contributed by atoms with Gasteiger partial charge in [0.15, 0.2) is 12.4 Å². The van der Waals surface area contributed by atoms with E-state index in [1.165, 1.54) is 21.1 Å². The van der Waals surface area contributed by atoms with Crippen LogP contribution in [0, 0.1) is 0 Å². The molecule has 0 amide bonds. The van der Waals surface area contributed by atoms with Crippen molar-refractivity contribution in [2.24, 2.45) is 0 Å². The van der Waals surface area contributed by atoms with E-state index >= 15 is 0 Å². The van der Waals surface area contributed by atoms with Crippen molar-refractivity contribution in [2.75, 3.05) is 21.3 Å². The Morgan fingerprint density at radius 1 is 1.06 bits per heavy atom. The number of carbonyl (C=O) groups is 1. The molecule has 1 aromatic carbocycles. The number of carbonyl (C=O) groups excluding carboxylic acids is 1. The van der Waals surface area contributed by atoms with Crippen LogP contribution in [-0.4, -0.2) is 33.6 Å². The smallest absolute Gasteiger partial charge is 0.303 e. The van der Waals surface area contributed by atoms with Crippen LogP contribution < -0.4 is 4.74 Å². The van der Waals surface area contributed by atoms with Gasteiger partial charge in [0.1, 0.15) is 5.75 Å². The Labute approximate surface area is 107 Å². The quantitative estimate of drug-likeness (QED) is 0.573. The molecular weight excluding hydrogens is 236 g/mol. The van der Waals surface area contributed by atoms with Crippen LogP contribution in [0.1, 0.15) is 18.6 Å². The van der Waals surface area contributed by atoms with E-state index in [1.54, 1.807) is 31.4 Å². The maximum absolute atomic E-state index is 11.1. The standard InChI is InChI=1S/C13H18O5/c1-9(14)18-12(13(16-3)17-4)10-5-7-11(15-2)8-6-10/h5-8,12-13H,1-4H3/t12-/m1/s1. The zero-order valence-corrected chi connectivity index (χ0v) is 11.0. The van der Waals surface area contributed by atoms with Crippen LogP contribution in [0.2, 0.25) is 0 Å². The lowest BCUT2D eigenvalue weighted by atomic mass is 10.1. The van der Waals surface area contributed by atoms with Crippen LogP contribution in [-0.2, 0) is 19.0 Å². The predicted molar refractivity (Wildman–Crippen MR) is 65.3 cm³/mol. The van der Waals surface area contributed by atoms with E-state index in [1.807, 2.05) is 0 Å². The molecule has 0 unspecified atom stereocenters. The summed E-state index contributed by atoms with van der Waals surface area (Å²) in [6.07, 6.45) is -1.26. The first-order valence-electron chi connectivity index (χ1n) is 5.49. The second kappa shape index (κ2) is 6.98. The topological polar surface area (TPSA) is 54.0 Å². The van der Waals surface area contributed by atoms with Gasteiger partial charge in [-0.2, -0.15) is 0 Å². The summed E-state index contributed by atoms with van der Waals surface area (Å²) in [7, 11) is 4.58.